The van der Waals surface area contributed by atoms with Crippen molar-refractivity contribution in [2.45, 2.75) is 45.6 Å². The van der Waals surface area contributed by atoms with Gasteiger partial charge in [-0.25, -0.2) is 8.42 Å². The lowest BCUT2D eigenvalue weighted by Gasteiger charge is -2.28. The Morgan fingerprint density at radius 3 is 2.56 bits per heavy atom. The highest BCUT2D eigenvalue weighted by Gasteiger charge is 2.55. The van der Waals surface area contributed by atoms with Crippen LogP contribution in [0, 0.1) is 13.8 Å². The fourth-order valence-electron chi connectivity index (χ4n) is 5.06. The molecule has 32 heavy (non-hydrogen) atoms. The van der Waals surface area contributed by atoms with Gasteiger partial charge in [-0.15, -0.1) is 0 Å². The van der Waals surface area contributed by atoms with Gasteiger partial charge in [0.15, 0.2) is 21.4 Å². The number of rotatable bonds is 2. The molecule has 2 aromatic rings. The summed E-state index contributed by atoms with van der Waals surface area (Å²) in [6.07, 6.45) is 2.02. The van der Waals surface area contributed by atoms with Gasteiger partial charge in [0.25, 0.3) is 0 Å². The van der Waals surface area contributed by atoms with E-state index in [1.54, 1.807) is 24.6 Å². The Balaban J connectivity index is 1.76. The first kappa shape index (κ1) is 20.7. The highest BCUT2D eigenvalue weighted by molar-refractivity contribution is 7.91. The first-order valence-corrected chi connectivity index (χ1v) is 12.0. The van der Waals surface area contributed by atoms with Crippen molar-refractivity contribution in [3.63, 3.8) is 0 Å². The second-order valence-corrected chi connectivity index (χ2v) is 11.1. The minimum Gasteiger partial charge on any atom is -0.507 e. The number of carbonyl (C=O) groups excluding carboxylic acids is 2. The molecule has 3 heterocycles. The lowest BCUT2D eigenvalue weighted by molar-refractivity contribution is 0.0905. The number of hydrogen-bond acceptors (Lipinski definition) is 8. The number of phenolic OH excluding ortho intramolecular Hbond substituents is 2. The molecule has 1 aromatic carbocycles. The average Bonchev–Trinajstić information content (AvgIpc) is 3.32. The van der Waals surface area contributed by atoms with Gasteiger partial charge in [0.05, 0.1) is 40.1 Å². The summed E-state index contributed by atoms with van der Waals surface area (Å²) in [7, 11) is -3.17. The van der Waals surface area contributed by atoms with Crippen molar-refractivity contribution in [2.75, 3.05) is 11.5 Å². The minimum atomic E-state index is -3.17. The van der Waals surface area contributed by atoms with E-state index < -0.39 is 27.1 Å². The third-order valence-electron chi connectivity index (χ3n) is 6.82. The number of phenols is 2. The number of nitrogens with zero attached hydrogens (tertiary/aromatic N) is 2. The Hall–Kier alpha value is -3.14. The molecule has 1 unspecified atom stereocenters. The largest absolute Gasteiger partial charge is 0.507 e. The van der Waals surface area contributed by atoms with Crippen LogP contribution in [0.25, 0.3) is 6.08 Å². The van der Waals surface area contributed by atoms with Crippen molar-refractivity contribution in [2.24, 2.45) is 0 Å². The predicted molar refractivity (Wildman–Crippen MR) is 114 cm³/mol. The molecule has 2 N–H and O–H groups in total. The number of carbonyl (C=O) groups is 2. The van der Waals surface area contributed by atoms with Gasteiger partial charge >= 0.3 is 0 Å². The first-order chi connectivity index (χ1) is 14.9. The maximum atomic E-state index is 13.8. The van der Waals surface area contributed by atoms with Gasteiger partial charge in [-0.05, 0) is 34.1 Å². The zero-order valence-electron chi connectivity index (χ0n) is 18.0. The van der Waals surface area contributed by atoms with Crippen molar-refractivity contribution in [1.82, 2.24) is 9.78 Å². The Morgan fingerprint density at radius 1 is 1.28 bits per heavy atom. The molecule has 1 saturated heterocycles. The highest BCUT2D eigenvalue weighted by Crippen LogP contribution is 2.58. The number of aryl methyl sites for hydroxylation is 1. The standard InChI is InChI=1S/C22H22N2O7S/c1-9-18(26)16(11(3)25)20-17(19(9)27)22(4)14(31-20)7-13-15(21(22)28)10(2)23-24(13)12-5-6-32(29,30)8-12/h7,12,26-27H,5-6,8H2,1-4H3/t12?,22-/m0/s1. The molecule has 1 fully saturated rings. The number of sulfone groups is 1. The second kappa shape index (κ2) is 6.22. The molecule has 0 saturated carbocycles. The molecule has 5 rings (SSSR count). The topological polar surface area (TPSA) is 136 Å². The molecule has 0 spiro atoms. The number of fused-ring (bicyclic) bond motifs is 4. The van der Waals surface area contributed by atoms with E-state index in [0.717, 1.165) is 0 Å². The van der Waals surface area contributed by atoms with E-state index in [1.165, 1.54) is 13.8 Å². The highest BCUT2D eigenvalue weighted by atomic mass is 32.2. The Morgan fingerprint density at radius 2 is 1.97 bits per heavy atom. The molecule has 168 valence electrons. The van der Waals surface area contributed by atoms with E-state index in [4.69, 9.17) is 4.74 Å². The lowest BCUT2D eigenvalue weighted by atomic mass is 9.71. The normalized spacial score (nSPS) is 25.1. The van der Waals surface area contributed by atoms with Gasteiger partial charge in [-0.2, -0.15) is 5.10 Å². The van der Waals surface area contributed by atoms with Crippen LogP contribution >= 0.6 is 0 Å². The number of hydrogen-bond donors (Lipinski definition) is 2. The van der Waals surface area contributed by atoms with Gasteiger partial charge in [0.2, 0.25) is 0 Å². The van der Waals surface area contributed by atoms with E-state index in [0.29, 0.717) is 23.4 Å². The number of aromatic hydroxyl groups is 2. The van der Waals surface area contributed by atoms with Gasteiger partial charge < -0.3 is 14.9 Å². The van der Waals surface area contributed by atoms with Gasteiger partial charge in [0.1, 0.15) is 34.0 Å². The summed E-state index contributed by atoms with van der Waals surface area (Å²) in [5.74, 6) is -1.38. The van der Waals surface area contributed by atoms with Crippen LogP contribution in [-0.2, 0) is 15.3 Å². The van der Waals surface area contributed by atoms with E-state index in [9.17, 15) is 28.2 Å². The second-order valence-electron chi connectivity index (χ2n) is 8.87. The van der Waals surface area contributed by atoms with Crippen molar-refractivity contribution in [3.8, 4) is 17.2 Å². The molecule has 1 aliphatic carbocycles. The minimum absolute atomic E-state index is 0.0361. The molecular weight excluding hydrogens is 436 g/mol. The van der Waals surface area contributed by atoms with Crippen molar-refractivity contribution < 1.29 is 33.0 Å². The fourth-order valence-corrected chi connectivity index (χ4v) is 6.75. The molecule has 0 amide bonds. The van der Waals surface area contributed by atoms with Crippen molar-refractivity contribution in [1.29, 1.82) is 0 Å². The fraction of sp³-hybridized carbons (Fsp3) is 0.409. The zero-order valence-corrected chi connectivity index (χ0v) is 18.8. The summed E-state index contributed by atoms with van der Waals surface area (Å²) in [6, 6.07) is -0.396. The number of Topliss-reactive ketones (excluding diaryl/α,β-unsaturated/α-hetero) is 2. The molecule has 2 aliphatic heterocycles. The van der Waals surface area contributed by atoms with Gasteiger partial charge in [-0.3, -0.25) is 14.3 Å². The van der Waals surface area contributed by atoms with E-state index in [-0.39, 0.29) is 57.0 Å². The van der Waals surface area contributed by atoms with Crippen LogP contribution in [0.4, 0.5) is 0 Å². The SMILES string of the molecule is CC(=O)c1c(O)c(C)c(O)c2c1OC1=Cc3c(c(C)nn3C3CCS(=O)(=O)C3)C(=O)[C@@]12C. The summed E-state index contributed by atoms with van der Waals surface area (Å²) in [5.41, 5.74) is -0.0796. The number of ether oxygens (including phenoxy) is 1. The summed E-state index contributed by atoms with van der Waals surface area (Å²) in [4.78, 5) is 26.1. The molecule has 0 radical (unpaired) electrons. The Labute approximate surface area is 184 Å². The smallest absolute Gasteiger partial charge is 0.185 e. The summed E-state index contributed by atoms with van der Waals surface area (Å²) >= 11 is 0. The average molecular weight is 458 g/mol. The summed E-state index contributed by atoms with van der Waals surface area (Å²) in [5, 5.41) is 25.8. The first-order valence-electron chi connectivity index (χ1n) is 10.2. The van der Waals surface area contributed by atoms with E-state index >= 15 is 0 Å². The molecule has 3 aliphatic rings. The van der Waals surface area contributed by atoms with Gasteiger partial charge in [0, 0.05) is 11.6 Å². The molecule has 2 atom stereocenters. The van der Waals surface area contributed by atoms with E-state index in [1.807, 2.05) is 0 Å². The summed E-state index contributed by atoms with van der Waals surface area (Å²) < 4.78 is 31.5. The van der Waals surface area contributed by atoms with Crippen LogP contribution < -0.4 is 4.74 Å². The van der Waals surface area contributed by atoms with Crippen LogP contribution in [0.15, 0.2) is 5.76 Å². The van der Waals surface area contributed by atoms with Crippen LogP contribution in [0.2, 0.25) is 0 Å². The van der Waals surface area contributed by atoms with Crippen LogP contribution in [0.5, 0.6) is 17.2 Å². The summed E-state index contributed by atoms with van der Waals surface area (Å²) in [6.45, 7) is 6.02. The lowest BCUT2D eigenvalue weighted by Crippen LogP contribution is -2.36. The quantitative estimate of drug-likeness (QED) is 0.655. The maximum absolute atomic E-state index is 13.8. The number of ketones is 2. The van der Waals surface area contributed by atoms with Gasteiger partial charge in [-0.1, -0.05) is 0 Å². The Kier molecular flexibility index (Phi) is 4.03. The maximum Gasteiger partial charge on any atom is 0.185 e. The molecule has 0 bridgehead atoms. The number of benzene rings is 1. The molecule has 10 heteroatoms. The monoisotopic (exact) mass is 458 g/mol. The number of aromatic nitrogens is 2. The molecule has 9 nitrogen and oxygen atoms in total. The van der Waals surface area contributed by atoms with Crippen LogP contribution in [0.1, 0.15) is 69.5 Å². The third kappa shape index (κ3) is 2.44. The third-order valence-corrected chi connectivity index (χ3v) is 8.57. The van der Waals surface area contributed by atoms with E-state index in [2.05, 4.69) is 5.10 Å². The van der Waals surface area contributed by atoms with Crippen molar-refractivity contribution >= 4 is 27.5 Å². The Bertz CT molecular complexity index is 1400. The van der Waals surface area contributed by atoms with Crippen LogP contribution in [-0.4, -0.2) is 51.5 Å². The molecule has 1 aromatic heterocycles. The molecular formula is C22H22N2O7S. The zero-order chi connectivity index (χ0) is 23.3. The predicted octanol–water partition coefficient (Wildman–Crippen LogP) is 2.36. The number of allylic oxidation sites excluding steroid dienone is 1. The van der Waals surface area contributed by atoms with Crippen LogP contribution in [0.3, 0.4) is 0 Å². The van der Waals surface area contributed by atoms with Crippen molar-refractivity contribution in [3.05, 3.63) is 39.4 Å².